The summed E-state index contributed by atoms with van der Waals surface area (Å²) < 4.78 is 13.2. The highest BCUT2D eigenvalue weighted by Gasteiger charge is 2.14. The summed E-state index contributed by atoms with van der Waals surface area (Å²) in [7, 11) is 0. The highest BCUT2D eigenvalue weighted by atomic mass is 19.1. The van der Waals surface area contributed by atoms with Gasteiger partial charge in [-0.2, -0.15) is 0 Å². The van der Waals surface area contributed by atoms with Gasteiger partial charge in [0.25, 0.3) is 0 Å². The molecule has 0 atom stereocenters. The predicted octanol–water partition coefficient (Wildman–Crippen LogP) is 2.84. The number of aromatic carboxylic acids is 1. The van der Waals surface area contributed by atoms with Crippen LogP contribution in [0.25, 0.3) is 10.9 Å². The molecule has 0 saturated carbocycles. The van der Waals surface area contributed by atoms with Crippen LogP contribution in [0, 0.1) is 5.82 Å². The maximum atomic E-state index is 13.2. The van der Waals surface area contributed by atoms with E-state index in [9.17, 15) is 14.0 Å². The molecule has 0 fully saturated rings. The van der Waals surface area contributed by atoms with E-state index in [-0.39, 0.29) is 17.7 Å². The Morgan fingerprint density at radius 2 is 1.92 bits per heavy atom. The first-order valence-electron chi connectivity index (χ1n) is 7.40. The lowest BCUT2D eigenvalue weighted by atomic mass is 10.1. The summed E-state index contributed by atoms with van der Waals surface area (Å²) in [5.41, 5.74) is 7.28. The fourth-order valence-electron chi connectivity index (χ4n) is 2.45. The molecule has 1 amide bonds. The molecule has 0 spiro atoms. The third-order valence-electron chi connectivity index (χ3n) is 3.60. The molecule has 0 unspecified atom stereocenters. The van der Waals surface area contributed by atoms with E-state index in [0.717, 1.165) is 17.5 Å². The lowest BCUT2D eigenvalue weighted by molar-refractivity contribution is -0.115. The monoisotopic (exact) mass is 339 g/mol. The summed E-state index contributed by atoms with van der Waals surface area (Å²) in [6.45, 7) is 0. The van der Waals surface area contributed by atoms with Crippen LogP contribution in [-0.4, -0.2) is 22.0 Å². The molecule has 126 valence electrons. The number of carboxylic acids is 1. The second kappa shape index (κ2) is 6.56. The van der Waals surface area contributed by atoms with Crippen molar-refractivity contribution in [2.45, 2.75) is 6.42 Å². The van der Waals surface area contributed by atoms with Gasteiger partial charge in [0.05, 0.1) is 28.9 Å². The number of carbonyl (C=O) groups excluding carboxylic acids is 1. The van der Waals surface area contributed by atoms with Crippen molar-refractivity contribution in [3.8, 4) is 0 Å². The summed E-state index contributed by atoms with van der Waals surface area (Å²) >= 11 is 0. The Balaban J connectivity index is 1.79. The zero-order valence-electron chi connectivity index (χ0n) is 13.0. The van der Waals surface area contributed by atoms with Gasteiger partial charge in [0.1, 0.15) is 5.82 Å². The fraction of sp³-hybridized carbons (Fsp3) is 0.0556. The highest BCUT2D eigenvalue weighted by Crippen LogP contribution is 2.19. The molecule has 7 heteroatoms. The third-order valence-corrected chi connectivity index (χ3v) is 3.60. The molecular weight excluding hydrogens is 325 g/mol. The van der Waals surface area contributed by atoms with Crippen LogP contribution in [0.2, 0.25) is 0 Å². The molecule has 2 aromatic carbocycles. The van der Waals surface area contributed by atoms with Crippen LogP contribution in [0.5, 0.6) is 0 Å². The standard InChI is InChI=1S/C18H14FN3O3/c19-11-2-5-16(14(8-11)18(24)25)22-17(23)9-13-4-1-10-7-12(20)3-6-15(10)21-13/h1-8H,9,20H2,(H,22,23)(H,24,25). The normalized spacial score (nSPS) is 10.6. The number of pyridine rings is 1. The van der Waals surface area contributed by atoms with E-state index in [1.165, 1.54) is 6.07 Å². The minimum absolute atomic E-state index is 0.0347. The number of nitrogens with one attached hydrogen (secondary N) is 1. The van der Waals surface area contributed by atoms with Gasteiger partial charge in [-0.05, 0) is 42.5 Å². The van der Waals surface area contributed by atoms with Crippen LogP contribution in [0.3, 0.4) is 0 Å². The number of benzene rings is 2. The number of anilines is 2. The summed E-state index contributed by atoms with van der Waals surface area (Å²) in [6, 6.07) is 11.9. The first-order chi connectivity index (χ1) is 11.9. The van der Waals surface area contributed by atoms with Crippen molar-refractivity contribution in [1.82, 2.24) is 4.98 Å². The molecular formula is C18H14FN3O3. The summed E-state index contributed by atoms with van der Waals surface area (Å²) in [5.74, 6) is -2.46. The molecule has 1 heterocycles. The van der Waals surface area contributed by atoms with Crippen LogP contribution in [0.15, 0.2) is 48.5 Å². The quantitative estimate of drug-likeness (QED) is 0.634. The largest absolute Gasteiger partial charge is 0.478 e. The summed E-state index contributed by atoms with van der Waals surface area (Å²) in [6.07, 6.45) is -0.0449. The Morgan fingerprint density at radius 3 is 2.68 bits per heavy atom. The second-order valence-electron chi connectivity index (χ2n) is 5.47. The van der Waals surface area contributed by atoms with Gasteiger partial charge in [-0.1, -0.05) is 6.07 Å². The van der Waals surface area contributed by atoms with Crippen molar-refractivity contribution < 1.29 is 19.1 Å². The molecule has 0 radical (unpaired) electrons. The van der Waals surface area contributed by atoms with Gasteiger partial charge in [0, 0.05) is 11.1 Å². The van der Waals surface area contributed by atoms with Crippen molar-refractivity contribution in [2.75, 3.05) is 11.1 Å². The summed E-state index contributed by atoms with van der Waals surface area (Å²) in [5, 5.41) is 12.4. The van der Waals surface area contributed by atoms with Crippen molar-refractivity contribution in [3.63, 3.8) is 0 Å². The number of nitrogen functional groups attached to an aromatic ring is 1. The fourth-order valence-corrected chi connectivity index (χ4v) is 2.45. The number of nitrogens with two attached hydrogens (primary N) is 1. The van der Waals surface area contributed by atoms with Gasteiger partial charge in [-0.15, -0.1) is 0 Å². The lowest BCUT2D eigenvalue weighted by Crippen LogP contribution is -2.17. The van der Waals surface area contributed by atoms with E-state index in [1.54, 1.807) is 24.3 Å². The minimum Gasteiger partial charge on any atom is -0.478 e. The Labute approximate surface area is 142 Å². The van der Waals surface area contributed by atoms with Crippen molar-refractivity contribution in [2.24, 2.45) is 0 Å². The van der Waals surface area contributed by atoms with Crippen LogP contribution in [0.1, 0.15) is 16.1 Å². The zero-order chi connectivity index (χ0) is 18.0. The molecule has 0 aliphatic carbocycles. The molecule has 0 aliphatic heterocycles. The van der Waals surface area contributed by atoms with Crippen molar-refractivity contribution in [1.29, 1.82) is 0 Å². The number of carboxylic acid groups (broad SMARTS) is 1. The van der Waals surface area contributed by atoms with E-state index in [1.807, 2.05) is 6.07 Å². The number of hydrogen-bond acceptors (Lipinski definition) is 4. The van der Waals surface area contributed by atoms with E-state index in [4.69, 9.17) is 10.8 Å². The first kappa shape index (κ1) is 16.4. The summed E-state index contributed by atoms with van der Waals surface area (Å²) in [4.78, 5) is 27.7. The SMILES string of the molecule is Nc1ccc2nc(CC(=O)Nc3ccc(F)cc3C(=O)O)ccc2c1. The van der Waals surface area contributed by atoms with Gasteiger partial charge in [0.15, 0.2) is 0 Å². The first-order valence-corrected chi connectivity index (χ1v) is 7.40. The van der Waals surface area contributed by atoms with Crippen LogP contribution < -0.4 is 11.1 Å². The average Bonchev–Trinajstić information content (AvgIpc) is 2.56. The number of aromatic nitrogens is 1. The van der Waals surface area contributed by atoms with Gasteiger partial charge in [-0.25, -0.2) is 9.18 Å². The molecule has 0 aliphatic rings. The van der Waals surface area contributed by atoms with Gasteiger partial charge >= 0.3 is 5.97 Å². The Morgan fingerprint density at radius 1 is 1.12 bits per heavy atom. The van der Waals surface area contributed by atoms with Gasteiger partial charge in [0.2, 0.25) is 5.91 Å². The maximum absolute atomic E-state index is 13.2. The van der Waals surface area contributed by atoms with Gasteiger partial charge in [-0.3, -0.25) is 9.78 Å². The number of halogens is 1. The van der Waals surface area contributed by atoms with Crippen molar-refractivity contribution in [3.05, 3.63) is 65.6 Å². The second-order valence-corrected chi connectivity index (χ2v) is 5.47. The number of amides is 1. The van der Waals surface area contributed by atoms with E-state index in [2.05, 4.69) is 10.3 Å². The molecule has 4 N–H and O–H groups in total. The predicted molar refractivity (Wildman–Crippen MR) is 91.8 cm³/mol. The average molecular weight is 339 g/mol. The minimum atomic E-state index is -1.32. The van der Waals surface area contributed by atoms with Crippen molar-refractivity contribution >= 4 is 34.2 Å². The number of hydrogen-bond donors (Lipinski definition) is 3. The zero-order valence-corrected chi connectivity index (χ0v) is 13.0. The number of nitrogens with zero attached hydrogens (tertiary/aromatic N) is 1. The molecule has 3 aromatic rings. The topological polar surface area (TPSA) is 105 Å². The van der Waals surface area contributed by atoms with Crippen LogP contribution >= 0.6 is 0 Å². The van der Waals surface area contributed by atoms with E-state index >= 15 is 0 Å². The Hall–Kier alpha value is -3.48. The van der Waals surface area contributed by atoms with E-state index in [0.29, 0.717) is 16.9 Å². The van der Waals surface area contributed by atoms with Gasteiger partial charge < -0.3 is 16.2 Å². The number of rotatable bonds is 4. The Bertz CT molecular complexity index is 988. The molecule has 0 bridgehead atoms. The van der Waals surface area contributed by atoms with Crippen LogP contribution in [-0.2, 0) is 11.2 Å². The Kier molecular flexibility index (Phi) is 4.30. The number of carbonyl (C=O) groups is 2. The maximum Gasteiger partial charge on any atom is 0.337 e. The molecule has 3 rings (SSSR count). The highest BCUT2D eigenvalue weighted by molar-refractivity contribution is 6.01. The third kappa shape index (κ3) is 3.72. The molecule has 0 saturated heterocycles. The molecule has 6 nitrogen and oxygen atoms in total. The molecule has 25 heavy (non-hydrogen) atoms. The lowest BCUT2D eigenvalue weighted by Gasteiger charge is -2.09. The smallest absolute Gasteiger partial charge is 0.337 e. The van der Waals surface area contributed by atoms with E-state index < -0.39 is 17.7 Å². The van der Waals surface area contributed by atoms with Crippen LogP contribution in [0.4, 0.5) is 15.8 Å². The molecule has 1 aromatic heterocycles. The number of fused-ring (bicyclic) bond motifs is 1.